The maximum absolute atomic E-state index is 5.59. The third-order valence-corrected chi connectivity index (χ3v) is 2.34. The van der Waals surface area contributed by atoms with Gasteiger partial charge in [0.1, 0.15) is 0 Å². The molecule has 1 aromatic rings. The zero-order chi connectivity index (χ0) is 10.2. The van der Waals surface area contributed by atoms with Gasteiger partial charge in [0.15, 0.2) is 0 Å². The molecule has 1 aliphatic heterocycles. The first-order chi connectivity index (χ1) is 6.58. The first-order valence-electron chi connectivity index (χ1n) is 4.87. The topological polar surface area (TPSA) is 21.6 Å². The van der Waals surface area contributed by atoms with Crippen molar-refractivity contribution in [3.63, 3.8) is 0 Å². The number of rotatable bonds is 1. The average Bonchev–Trinajstić information content (AvgIpc) is 2.47. The Bertz CT molecular complexity index is 385. The molecule has 0 saturated carbocycles. The Hall–Kier alpha value is -0.713. The van der Waals surface area contributed by atoms with Crippen molar-refractivity contribution in [3.8, 4) is 0 Å². The standard InChI is InChI=1S/C11H12NO.Li/c1-11(2)8-13-10(12-11)9-6-4-3-5-7-9;/h3-6H,8H2,1-2H3;. The summed E-state index contributed by atoms with van der Waals surface area (Å²) in [6.45, 7) is 4.84. The number of benzene rings is 1. The summed E-state index contributed by atoms with van der Waals surface area (Å²) in [6.07, 6.45) is 0. The Morgan fingerprint density at radius 2 is 2.07 bits per heavy atom. The van der Waals surface area contributed by atoms with E-state index in [4.69, 9.17) is 4.74 Å². The molecule has 0 atom stereocenters. The Morgan fingerprint density at radius 1 is 1.36 bits per heavy atom. The Kier molecular flexibility index (Phi) is 2.43. The van der Waals surface area contributed by atoms with Crippen LogP contribution in [-0.2, 0) is 4.74 Å². The van der Waals surface area contributed by atoms with Crippen LogP contribution in [0.3, 0.4) is 0 Å². The maximum atomic E-state index is 5.59. The van der Waals surface area contributed by atoms with Crippen molar-refractivity contribution in [2.24, 2.45) is 4.99 Å². The fourth-order valence-corrected chi connectivity index (χ4v) is 1.54. The van der Waals surface area contributed by atoms with Gasteiger partial charge in [-0.3, -0.25) is 0 Å². The SMILES string of the molecule is [Li][c]1ccccc1C1=NC(C)(C)CO1. The monoisotopic (exact) mass is 181 g/mol. The molecule has 0 radical (unpaired) electrons. The fourth-order valence-electron chi connectivity index (χ4n) is 1.54. The van der Waals surface area contributed by atoms with Gasteiger partial charge in [-0.25, -0.2) is 0 Å². The van der Waals surface area contributed by atoms with E-state index in [1.165, 1.54) is 4.24 Å². The van der Waals surface area contributed by atoms with Crippen molar-refractivity contribution >= 4 is 27.8 Å². The van der Waals surface area contributed by atoms with Crippen LogP contribution < -0.4 is 4.24 Å². The van der Waals surface area contributed by atoms with Crippen molar-refractivity contribution in [3.05, 3.63) is 29.8 Å². The van der Waals surface area contributed by atoms with Gasteiger partial charge in [-0.05, 0) is 0 Å². The van der Waals surface area contributed by atoms with Gasteiger partial charge in [0, 0.05) is 0 Å². The minimum atomic E-state index is -0.0718. The van der Waals surface area contributed by atoms with E-state index in [0.717, 1.165) is 11.5 Å². The molecule has 2 rings (SSSR count). The van der Waals surface area contributed by atoms with E-state index >= 15 is 0 Å². The van der Waals surface area contributed by atoms with Crippen LogP contribution in [0.5, 0.6) is 0 Å². The predicted octanol–water partition coefficient (Wildman–Crippen LogP) is 1.04. The third-order valence-electron chi connectivity index (χ3n) is 2.34. The molecule has 2 nitrogen and oxygen atoms in total. The summed E-state index contributed by atoms with van der Waals surface area (Å²) in [5, 5.41) is 0. The van der Waals surface area contributed by atoms with Crippen LogP contribution >= 0.6 is 0 Å². The molecule has 0 saturated heterocycles. The van der Waals surface area contributed by atoms with Gasteiger partial charge in [0.05, 0.1) is 0 Å². The van der Waals surface area contributed by atoms with Crippen LogP contribution in [0.15, 0.2) is 29.3 Å². The third kappa shape index (κ3) is 1.87. The Balaban J connectivity index is 2.38. The summed E-state index contributed by atoms with van der Waals surface area (Å²) in [6, 6.07) is 8.17. The molecule has 14 heavy (non-hydrogen) atoms. The van der Waals surface area contributed by atoms with Crippen molar-refractivity contribution in [1.82, 2.24) is 0 Å². The zero-order valence-corrected chi connectivity index (χ0v) is 8.87. The molecule has 0 aromatic heterocycles. The Labute approximate surface area is 93.6 Å². The van der Waals surface area contributed by atoms with Crippen LogP contribution in [0.2, 0.25) is 0 Å². The number of ether oxygens (including phenoxy) is 1. The minimum absolute atomic E-state index is 0.0718. The molecule has 1 aromatic carbocycles. The van der Waals surface area contributed by atoms with Crippen LogP contribution in [0.4, 0.5) is 0 Å². The number of hydrogen-bond acceptors (Lipinski definition) is 2. The first kappa shape index (κ1) is 9.83. The zero-order valence-electron chi connectivity index (χ0n) is 8.87. The molecule has 1 heterocycles. The second-order valence-electron chi connectivity index (χ2n) is 4.33. The van der Waals surface area contributed by atoms with E-state index in [2.05, 4.69) is 48.7 Å². The van der Waals surface area contributed by atoms with Crippen molar-refractivity contribution in [2.75, 3.05) is 6.61 Å². The van der Waals surface area contributed by atoms with Gasteiger partial charge in [0.25, 0.3) is 0 Å². The quantitative estimate of drug-likeness (QED) is 0.593. The molecule has 0 spiro atoms. The molecule has 3 heteroatoms. The van der Waals surface area contributed by atoms with Crippen molar-refractivity contribution < 1.29 is 4.74 Å². The molecule has 0 N–H and O–H groups in total. The second kappa shape index (κ2) is 3.45. The molecule has 0 amide bonds. The summed E-state index contributed by atoms with van der Waals surface area (Å²) in [5.74, 6) is 0.785. The predicted molar refractivity (Wildman–Crippen MR) is 58.4 cm³/mol. The number of hydrogen-bond donors (Lipinski definition) is 0. The molecule has 1 aliphatic rings. The van der Waals surface area contributed by atoms with Crippen LogP contribution in [0.1, 0.15) is 19.4 Å². The molecular formula is C11H12LiNO. The molecule has 0 bridgehead atoms. The second-order valence-corrected chi connectivity index (χ2v) is 4.33. The Morgan fingerprint density at radius 3 is 2.64 bits per heavy atom. The van der Waals surface area contributed by atoms with E-state index in [-0.39, 0.29) is 5.54 Å². The van der Waals surface area contributed by atoms with E-state index < -0.39 is 0 Å². The number of nitrogens with zero attached hydrogens (tertiary/aromatic N) is 1. The summed E-state index contributed by atoms with van der Waals surface area (Å²) in [4.78, 5) is 4.55. The van der Waals surface area contributed by atoms with Gasteiger partial charge < -0.3 is 0 Å². The van der Waals surface area contributed by atoms with Crippen molar-refractivity contribution in [2.45, 2.75) is 19.4 Å². The molecule has 0 unspecified atom stereocenters. The molecule has 0 aliphatic carbocycles. The molecule has 0 fully saturated rings. The van der Waals surface area contributed by atoms with Crippen LogP contribution in [0, 0.1) is 0 Å². The van der Waals surface area contributed by atoms with Crippen LogP contribution in [-0.4, -0.2) is 35.8 Å². The van der Waals surface area contributed by atoms with E-state index in [1.54, 1.807) is 0 Å². The van der Waals surface area contributed by atoms with E-state index in [0.29, 0.717) is 6.61 Å². The van der Waals surface area contributed by atoms with Gasteiger partial charge in [-0.15, -0.1) is 0 Å². The molecule has 68 valence electrons. The van der Waals surface area contributed by atoms with E-state index in [1.807, 2.05) is 12.1 Å². The molecular weight excluding hydrogens is 169 g/mol. The first-order valence-corrected chi connectivity index (χ1v) is 4.87. The van der Waals surface area contributed by atoms with Crippen LogP contribution in [0.25, 0.3) is 0 Å². The summed E-state index contributed by atoms with van der Waals surface area (Å²) in [7, 11) is 0. The van der Waals surface area contributed by atoms with Gasteiger partial charge in [-0.2, -0.15) is 0 Å². The number of aliphatic imine (C=N–C) groups is 1. The summed E-state index contributed by atoms with van der Waals surface area (Å²) >= 11 is 2.08. The fraction of sp³-hybridized carbons (Fsp3) is 0.364. The van der Waals surface area contributed by atoms with Gasteiger partial charge in [0.2, 0.25) is 0 Å². The van der Waals surface area contributed by atoms with Gasteiger partial charge in [-0.1, -0.05) is 0 Å². The van der Waals surface area contributed by atoms with E-state index in [9.17, 15) is 0 Å². The average molecular weight is 181 g/mol. The normalized spacial score (nSPS) is 19.0. The summed E-state index contributed by atoms with van der Waals surface area (Å²) < 4.78 is 6.80. The summed E-state index contributed by atoms with van der Waals surface area (Å²) in [5.41, 5.74) is 1.04. The van der Waals surface area contributed by atoms with Gasteiger partial charge >= 0.3 is 93.4 Å². The van der Waals surface area contributed by atoms with Crippen molar-refractivity contribution in [1.29, 1.82) is 0 Å².